The maximum Gasteiger partial charge on any atom is 0.247 e. The fourth-order valence-corrected chi connectivity index (χ4v) is 4.47. The van der Waals surface area contributed by atoms with Gasteiger partial charge in [-0.3, -0.25) is 4.90 Å². The molecule has 3 aromatic carbocycles. The Kier molecular flexibility index (Phi) is 5.73. The molecule has 1 atom stereocenters. The summed E-state index contributed by atoms with van der Waals surface area (Å²) in [5, 5.41) is 8.83. The summed E-state index contributed by atoms with van der Waals surface area (Å²) in [6.07, 6.45) is 0. The zero-order valence-electron chi connectivity index (χ0n) is 18.6. The number of aromatic nitrogens is 2. The Morgan fingerprint density at radius 1 is 0.781 bits per heavy atom. The second kappa shape index (κ2) is 8.97. The molecule has 0 aliphatic carbocycles. The summed E-state index contributed by atoms with van der Waals surface area (Å²) < 4.78 is 6.21. The van der Waals surface area contributed by atoms with E-state index in [1.807, 2.05) is 36.4 Å². The van der Waals surface area contributed by atoms with Gasteiger partial charge in [-0.1, -0.05) is 60.7 Å². The molecule has 0 bridgehead atoms. The van der Waals surface area contributed by atoms with Gasteiger partial charge in [-0.2, -0.15) is 0 Å². The first kappa shape index (κ1) is 20.5. The average Bonchev–Trinajstić information content (AvgIpc) is 3.32. The molecule has 1 aliphatic rings. The molecule has 1 saturated heterocycles. The molecule has 5 heteroatoms. The largest absolute Gasteiger partial charge is 0.419 e. The fraction of sp³-hybridized carbons (Fsp3) is 0.259. The van der Waals surface area contributed by atoms with Crippen LogP contribution < -0.4 is 4.90 Å². The van der Waals surface area contributed by atoms with Gasteiger partial charge in [0, 0.05) is 37.4 Å². The van der Waals surface area contributed by atoms with Gasteiger partial charge < -0.3 is 9.32 Å². The van der Waals surface area contributed by atoms with Gasteiger partial charge in [-0.15, -0.1) is 10.2 Å². The molecular weight excluding hydrogens is 396 g/mol. The van der Waals surface area contributed by atoms with Crippen molar-refractivity contribution >= 4 is 5.69 Å². The van der Waals surface area contributed by atoms with E-state index in [0.29, 0.717) is 11.8 Å². The molecule has 1 fully saturated rings. The SMILES string of the molecule is Cc1ccc(C)c(N2CCN([C@@H](c3ccccc3)c3nnc(-c4ccccc4)o3)CC2)c1. The second-order valence-corrected chi connectivity index (χ2v) is 8.44. The Morgan fingerprint density at radius 3 is 2.19 bits per heavy atom. The zero-order chi connectivity index (χ0) is 21.9. The molecule has 5 rings (SSSR count). The van der Waals surface area contributed by atoms with Gasteiger partial charge in [0.2, 0.25) is 11.8 Å². The van der Waals surface area contributed by atoms with E-state index in [4.69, 9.17) is 4.42 Å². The number of nitrogens with zero attached hydrogens (tertiary/aromatic N) is 4. The first-order valence-electron chi connectivity index (χ1n) is 11.2. The monoisotopic (exact) mass is 424 g/mol. The lowest BCUT2D eigenvalue weighted by molar-refractivity contribution is 0.188. The topological polar surface area (TPSA) is 45.4 Å². The van der Waals surface area contributed by atoms with E-state index in [2.05, 4.69) is 76.3 Å². The molecule has 0 N–H and O–H groups in total. The molecule has 1 aromatic heterocycles. The van der Waals surface area contributed by atoms with Crippen LogP contribution in [-0.2, 0) is 0 Å². The minimum atomic E-state index is -0.0538. The number of benzene rings is 3. The summed E-state index contributed by atoms with van der Waals surface area (Å²) in [4.78, 5) is 4.95. The minimum absolute atomic E-state index is 0.0538. The second-order valence-electron chi connectivity index (χ2n) is 8.44. The lowest BCUT2D eigenvalue weighted by Crippen LogP contribution is -2.48. The summed E-state index contributed by atoms with van der Waals surface area (Å²) in [5.41, 5.74) is 6.08. The van der Waals surface area contributed by atoms with Crippen molar-refractivity contribution in [3.8, 4) is 11.5 Å². The Morgan fingerprint density at radius 2 is 1.47 bits per heavy atom. The van der Waals surface area contributed by atoms with Gasteiger partial charge >= 0.3 is 0 Å². The van der Waals surface area contributed by atoms with Crippen molar-refractivity contribution in [1.82, 2.24) is 15.1 Å². The molecule has 5 nitrogen and oxygen atoms in total. The van der Waals surface area contributed by atoms with E-state index >= 15 is 0 Å². The molecule has 0 unspecified atom stereocenters. The Balaban J connectivity index is 1.41. The van der Waals surface area contributed by atoms with E-state index in [0.717, 1.165) is 31.7 Å². The third kappa shape index (κ3) is 4.16. The Bertz CT molecular complexity index is 1160. The van der Waals surface area contributed by atoms with Crippen LogP contribution in [0.15, 0.2) is 83.3 Å². The van der Waals surface area contributed by atoms with Crippen molar-refractivity contribution in [3.63, 3.8) is 0 Å². The number of hydrogen-bond acceptors (Lipinski definition) is 5. The summed E-state index contributed by atoms with van der Waals surface area (Å²) in [6.45, 7) is 8.13. The van der Waals surface area contributed by atoms with E-state index in [-0.39, 0.29) is 6.04 Å². The first-order chi connectivity index (χ1) is 15.7. The highest BCUT2D eigenvalue weighted by molar-refractivity contribution is 5.55. The summed E-state index contributed by atoms with van der Waals surface area (Å²) in [6, 6.07) is 27.1. The molecule has 0 radical (unpaired) electrons. The minimum Gasteiger partial charge on any atom is -0.419 e. The van der Waals surface area contributed by atoms with E-state index in [9.17, 15) is 0 Å². The van der Waals surface area contributed by atoms with Crippen LogP contribution in [0.2, 0.25) is 0 Å². The molecule has 4 aromatic rings. The van der Waals surface area contributed by atoms with Gasteiger partial charge in [0.25, 0.3) is 0 Å². The molecule has 1 aliphatic heterocycles. The molecule has 2 heterocycles. The van der Waals surface area contributed by atoms with Crippen LogP contribution in [-0.4, -0.2) is 41.3 Å². The van der Waals surface area contributed by atoms with Crippen LogP contribution in [0.5, 0.6) is 0 Å². The number of piperazine rings is 1. The van der Waals surface area contributed by atoms with E-state index in [1.54, 1.807) is 0 Å². The van der Waals surface area contributed by atoms with E-state index < -0.39 is 0 Å². The molecule has 0 amide bonds. The van der Waals surface area contributed by atoms with Crippen molar-refractivity contribution in [2.24, 2.45) is 0 Å². The molecule has 162 valence electrons. The molecular formula is C27H28N4O. The third-order valence-corrected chi connectivity index (χ3v) is 6.20. The maximum atomic E-state index is 6.21. The quantitative estimate of drug-likeness (QED) is 0.437. The molecule has 0 saturated carbocycles. The van der Waals surface area contributed by atoms with Gasteiger partial charge in [-0.05, 0) is 48.7 Å². The predicted molar refractivity (Wildman–Crippen MR) is 128 cm³/mol. The predicted octanol–water partition coefficient (Wildman–Crippen LogP) is 5.27. The smallest absolute Gasteiger partial charge is 0.247 e. The van der Waals surface area contributed by atoms with Crippen LogP contribution in [0.3, 0.4) is 0 Å². The standard InChI is InChI=1S/C27H28N4O/c1-20-13-14-21(2)24(19-20)30-15-17-31(18-16-30)25(22-9-5-3-6-10-22)27-29-28-26(32-27)23-11-7-4-8-12-23/h3-14,19,25H,15-18H2,1-2H3/t25-/m0/s1. The number of aryl methyl sites for hydroxylation is 2. The number of rotatable bonds is 5. The van der Waals surface area contributed by atoms with Gasteiger partial charge in [-0.25, -0.2) is 0 Å². The van der Waals surface area contributed by atoms with Crippen molar-refractivity contribution in [1.29, 1.82) is 0 Å². The summed E-state index contributed by atoms with van der Waals surface area (Å²) >= 11 is 0. The molecule has 32 heavy (non-hydrogen) atoms. The van der Waals surface area contributed by atoms with Crippen molar-refractivity contribution in [2.75, 3.05) is 31.1 Å². The number of hydrogen-bond donors (Lipinski definition) is 0. The third-order valence-electron chi connectivity index (χ3n) is 6.20. The fourth-order valence-electron chi connectivity index (χ4n) is 4.47. The van der Waals surface area contributed by atoms with Crippen LogP contribution in [0.4, 0.5) is 5.69 Å². The van der Waals surface area contributed by atoms with Gasteiger partial charge in [0.05, 0.1) is 0 Å². The van der Waals surface area contributed by atoms with Crippen LogP contribution in [0, 0.1) is 13.8 Å². The first-order valence-corrected chi connectivity index (χ1v) is 11.2. The van der Waals surface area contributed by atoms with Crippen molar-refractivity contribution in [3.05, 3.63) is 101 Å². The van der Waals surface area contributed by atoms with Gasteiger partial charge in [0.15, 0.2) is 0 Å². The number of anilines is 1. The average molecular weight is 425 g/mol. The van der Waals surface area contributed by atoms with Crippen LogP contribution in [0.25, 0.3) is 11.5 Å². The Labute approximate surface area is 189 Å². The normalized spacial score (nSPS) is 15.6. The lowest BCUT2D eigenvalue weighted by atomic mass is 10.0. The zero-order valence-corrected chi connectivity index (χ0v) is 18.6. The van der Waals surface area contributed by atoms with Crippen molar-refractivity contribution < 1.29 is 4.42 Å². The van der Waals surface area contributed by atoms with Crippen LogP contribution >= 0.6 is 0 Å². The highest BCUT2D eigenvalue weighted by Crippen LogP contribution is 2.32. The molecule has 0 spiro atoms. The Hall–Kier alpha value is -3.44. The highest BCUT2D eigenvalue weighted by Gasteiger charge is 2.31. The lowest BCUT2D eigenvalue weighted by Gasteiger charge is -2.39. The van der Waals surface area contributed by atoms with Gasteiger partial charge in [0.1, 0.15) is 6.04 Å². The van der Waals surface area contributed by atoms with E-state index in [1.165, 1.54) is 22.4 Å². The van der Waals surface area contributed by atoms with Crippen molar-refractivity contribution in [2.45, 2.75) is 19.9 Å². The highest BCUT2D eigenvalue weighted by atomic mass is 16.4. The summed E-state index contributed by atoms with van der Waals surface area (Å²) in [5.74, 6) is 1.21. The summed E-state index contributed by atoms with van der Waals surface area (Å²) in [7, 11) is 0. The maximum absolute atomic E-state index is 6.21. The van der Waals surface area contributed by atoms with Crippen LogP contribution in [0.1, 0.15) is 28.6 Å².